The van der Waals surface area contributed by atoms with Crippen molar-refractivity contribution in [3.63, 3.8) is 0 Å². The Balaban J connectivity index is 0.942. The van der Waals surface area contributed by atoms with Crippen LogP contribution in [0.4, 0.5) is 19.0 Å². The van der Waals surface area contributed by atoms with Crippen LogP contribution in [-0.2, 0) is 25.0 Å². The fourth-order valence-electron chi connectivity index (χ4n) is 8.78. The number of fused-ring (bicyclic) bond motifs is 2. The molecule has 0 radical (unpaired) electrons. The lowest BCUT2D eigenvalue weighted by molar-refractivity contribution is -0.126. The molecule has 9 rings (SSSR count). The maximum absolute atomic E-state index is 13.2. The van der Waals surface area contributed by atoms with E-state index in [1.54, 1.807) is 0 Å². The van der Waals surface area contributed by atoms with Gasteiger partial charge in [-0.05, 0) is 65.8 Å². The fraction of sp³-hybridized carbons (Fsp3) is 0.229. The van der Waals surface area contributed by atoms with Crippen molar-refractivity contribution in [1.82, 2.24) is 29.2 Å². The van der Waals surface area contributed by atoms with Crippen LogP contribution in [0, 0.1) is 29.6 Å². The van der Waals surface area contributed by atoms with Gasteiger partial charge in [-0.3, -0.25) is 9.58 Å². The van der Waals surface area contributed by atoms with Crippen LogP contribution in [0.5, 0.6) is 0 Å². The molecule has 1 aliphatic rings. The van der Waals surface area contributed by atoms with Crippen LogP contribution in [0.25, 0.3) is 21.1 Å². The zero-order valence-corrected chi connectivity index (χ0v) is 34.1. The number of thiophene rings is 1. The number of rotatable bonds is 11. The second-order valence-electron chi connectivity index (χ2n) is 15.5. The van der Waals surface area contributed by atoms with E-state index >= 15 is 0 Å². The standard InChI is InChI=1S/C48H40F3N9S/c1-32-34(31-58-21-19-38(20-22-58)55-45-42-24-40(25-47(49,50)51)61-46(42)57-44(27-53)56-45)17-18-43-41(32)23-39(26-52)59(43)29-33-28-54-60(30-33)48(35-11-5-2-6-12-35,36-13-7-3-8-14-36)37-15-9-4-10-16-37/h2-18,23-24,28,30,38H,19-22,25,29,31H2,1H3,(H,55,56,57). The number of hydrogen-bond acceptors (Lipinski definition) is 8. The molecule has 0 saturated carbocycles. The first-order valence-corrected chi connectivity index (χ1v) is 20.9. The summed E-state index contributed by atoms with van der Waals surface area (Å²) in [6.45, 7) is 4.90. The quantitative estimate of drug-likeness (QED) is 0.129. The van der Waals surface area contributed by atoms with Gasteiger partial charge in [0.2, 0.25) is 5.82 Å². The Morgan fingerprint density at radius 1 is 0.787 bits per heavy atom. The smallest absolute Gasteiger partial charge is 0.367 e. The fourth-order valence-corrected chi connectivity index (χ4v) is 9.84. The summed E-state index contributed by atoms with van der Waals surface area (Å²) in [6, 6.07) is 43.4. The summed E-state index contributed by atoms with van der Waals surface area (Å²) >= 11 is 0.943. The lowest BCUT2D eigenvalue weighted by atomic mass is 9.77. The number of anilines is 1. The summed E-state index contributed by atoms with van der Waals surface area (Å²) in [5.41, 5.74) is 7.32. The first-order chi connectivity index (χ1) is 29.6. The third-order valence-corrected chi connectivity index (χ3v) is 12.7. The minimum absolute atomic E-state index is 0.0326. The average molecular weight is 832 g/mol. The molecule has 0 amide bonds. The van der Waals surface area contributed by atoms with E-state index in [2.05, 4.69) is 134 Å². The molecular weight excluding hydrogens is 792 g/mol. The van der Waals surface area contributed by atoms with E-state index in [1.165, 1.54) is 11.6 Å². The number of piperidine rings is 1. The highest BCUT2D eigenvalue weighted by Gasteiger charge is 2.39. The minimum Gasteiger partial charge on any atom is -0.367 e. The first kappa shape index (κ1) is 39.6. The molecule has 13 heteroatoms. The maximum Gasteiger partial charge on any atom is 0.393 e. The molecule has 304 valence electrons. The third-order valence-electron chi connectivity index (χ3n) is 11.7. The van der Waals surface area contributed by atoms with Gasteiger partial charge in [-0.2, -0.15) is 28.8 Å². The van der Waals surface area contributed by atoms with Crippen LogP contribution in [0.15, 0.2) is 128 Å². The van der Waals surface area contributed by atoms with E-state index in [1.807, 2.05) is 36.5 Å². The van der Waals surface area contributed by atoms with Crippen molar-refractivity contribution < 1.29 is 13.2 Å². The Bertz CT molecular complexity index is 2820. The molecule has 4 aromatic heterocycles. The monoisotopic (exact) mass is 831 g/mol. The number of halogens is 3. The number of nitriles is 2. The number of likely N-dealkylation sites (tertiary alicyclic amines) is 1. The Morgan fingerprint density at radius 3 is 2.02 bits per heavy atom. The van der Waals surface area contributed by atoms with E-state index in [4.69, 9.17) is 5.10 Å². The lowest BCUT2D eigenvalue weighted by Crippen LogP contribution is -2.39. The minimum atomic E-state index is -4.34. The summed E-state index contributed by atoms with van der Waals surface area (Å²) in [6.07, 6.45) is 0.187. The van der Waals surface area contributed by atoms with Crippen LogP contribution in [0.2, 0.25) is 0 Å². The van der Waals surface area contributed by atoms with Gasteiger partial charge in [-0.1, -0.05) is 97.1 Å². The molecule has 0 atom stereocenters. The summed E-state index contributed by atoms with van der Waals surface area (Å²) in [5, 5.41) is 29.9. The normalized spacial score (nSPS) is 14.0. The summed E-state index contributed by atoms with van der Waals surface area (Å²) in [5.74, 6) is 0.331. The molecule has 4 aromatic carbocycles. The van der Waals surface area contributed by atoms with E-state index in [9.17, 15) is 23.7 Å². The second-order valence-corrected chi connectivity index (χ2v) is 16.7. The zero-order chi connectivity index (χ0) is 42.1. The van der Waals surface area contributed by atoms with E-state index < -0.39 is 18.1 Å². The molecule has 9 nitrogen and oxygen atoms in total. The molecule has 1 aliphatic heterocycles. The predicted octanol–water partition coefficient (Wildman–Crippen LogP) is 9.96. The van der Waals surface area contributed by atoms with Crippen molar-refractivity contribution in [1.29, 1.82) is 10.5 Å². The molecule has 0 spiro atoms. The van der Waals surface area contributed by atoms with Crippen molar-refractivity contribution in [2.24, 2.45) is 0 Å². The third kappa shape index (κ3) is 7.74. The number of nitrogens with one attached hydrogen (secondary N) is 1. The van der Waals surface area contributed by atoms with Crippen molar-refractivity contribution >= 4 is 38.3 Å². The van der Waals surface area contributed by atoms with Gasteiger partial charge in [-0.15, -0.1) is 11.3 Å². The van der Waals surface area contributed by atoms with Gasteiger partial charge >= 0.3 is 6.18 Å². The van der Waals surface area contributed by atoms with E-state index in [-0.39, 0.29) is 16.7 Å². The van der Waals surface area contributed by atoms with Crippen molar-refractivity contribution in [2.75, 3.05) is 18.4 Å². The molecule has 61 heavy (non-hydrogen) atoms. The maximum atomic E-state index is 13.2. The van der Waals surface area contributed by atoms with Crippen LogP contribution in [0.3, 0.4) is 0 Å². The van der Waals surface area contributed by atoms with Gasteiger partial charge in [0.1, 0.15) is 34.0 Å². The number of aromatic nitrogens is 5. The van der Waals surface area contributed by atoms with Gasteiger partial charge in [0.25, 0.3) is 0 Å². The topological polar surface area (TPSA) is 111 Å². The molecule has 0 bridgehead atoms. The highest BCUT2D eigenvalue weighted by atomic mass is 32.1. The Morgan fingerprint density at radius 2 is 1.43 bits per heavy atom. The second kappa shape index (κ2) is 16.3. The molecule has 1 N–H and O–H groups in total. The Labute approximate surface area is 355 Å². The predicted molar refractivity (Wildman–Crippen MR) is 231 cm³/mol. The summed E-state index contributed by atoms with van der Waals surface area (Å²) in [7, 11) is 0. The molecule has 1 fully saturated rings. The van der Waals surface area contributed by atoms with Crippen molar-refractivity contribution in [3.05, 3.63) is 177 Å². The number of aryl methyl sites for hydroxylation is 1. The highest BCUT2D eigenvalue weighted by Crippen LogP contribution is 2.41. The number of nitrogens with zero attached hydrogens (tertiary/aromatic N) is 8. The van der Waals surface area contributed by atoms with Crippen molar-refractivity contribution in [3.8, 4) is 12.1 Å². The molecule has 0 aliphatic carbocycles. The molecule has 8 aromatic rings. The van der Waals surface area contributed by atoms with Crippen LogP contribution >= 0.6 is 11.3 Å². The largest absolute Gasteiger partial charge is 0.393 e. The van der Waals surface area contributed by atoms with Gasteiger partial charge in [0.15, 0.2) is 0 Å². The van der Waals surface area contributed by atoms with E-state index in [0.29, 0.717) is 28.3 Å². The summed E-state index contributed by atoms with van der Waals surface area (Å²) < 4.78 is 43.6. The first-order valence-electron chi connectivity index (χ1n) is 20.1. The highest BCUT2D eigenvalue weighted by molar-refractivity contribution is 7.18. The Kier molecular flexibility index (Phi) is 10.6. The molecule has 5 heterocycles. The van der Waals surface area contributed by atoms with Crippen LogP contribution in [-0.4, -0.2) is 54.5 Å². The SMILES string of the molecule is Cc1c(CN2CCC(Nc3nc(C#N)nc4sc(CC(F)(F)F)cc34)CC2)ccc2c1cc(C#N)n2Cc1cnn(C(c2ccccc2)(c2ccccc2)c2ccccc2)c1. The van der Waals surface area contributed by atoms with Crippen LogP contribution < -0.4 is 5.32 Å². The molecule has 1 saturated heterocycles. The number of alkyl halides is 3. The molecule has 0 unspecified atom stereocenters. The number of benzene rings is 4. The van der Waals surface area contributed by atoms with Crippen molar-refractivity contribution in [2.45, 2.75) is 57.0 Å². The number of hydrogen-bond donors (Lipinski definition) is 1. The lowest BCUT2D eigenvalue weighted by Gasteiger charge is -2.36. The van der Waals surface area contributed by atoms with Gasteiger partial charge in [0.05, 0.1) is 24.5 Å². The average Bonchev–Trinajstić information content (AvgIpc) is 4.01. The Hall–Kier alpha value is -6.80. The van der Waals surface area contributed by atoms with Gasteiger partial charge in [-0.25, -0.2) is 9.97 Å². The van der Waals surface area contributed by atoms with Gasteiger partial charge in [0, 0.05) is 53.2 Å². The van der Waals surface area contributed by atoms with E-state index in [0.717, 1.165) is 82.5 Å². The zero-order valence-electron chi connectivity index (χ0n) is 33.3. The van der Waals surface area contributed by atoms with Crippen LogP contribution in [0.1, 0.15) is 62.6 Å². The molecular formula is C48H40F3N9S. The van der Waals surface area contributed by atoms with Gasteiger partial charge < -0.3 is 9.88 Å². The summed E-state index contributed by atoms with van der Waals surface area (Å²) in [4.78, 5) is 11.4.